The average molecular weight is 372 g/mol. The molecule has 7 nitrogen and oxygen atoms in total. The van der Waals surface area contributed by atoms with Gasteiger partial charge in [-0.2, -0.15) is 0 Å². The highest BCUT2D eigenvalue weighted by atomic mass is 79.9. The second-order valence-electron chi connectivity index (χ2n) is 5.16. The van der Waals surface area contributed by atoms with Crippen LogP contribution in [0.5, 0.6) is 0 Å². The molecular formula is C12H14BrN5O2S. The van der Waals surface area contributed by atoms with Gasteiger partial charge in [0, 0.05) is 17.8 Å². The van der Waals surface area contributed by atoms with Crippen LogP contribution in [0.2, 0.25) is 0 Å². The van der Waals surface area contributed by atoms with Crippen LogP contribution in [-0.2, 0) is 16.4 Å². The van der Waals surface area contributed by atoms with Gasteiger partial charge in [0.05, 0.1) is 16.0 Å². The Balaban J connectivity index is 1.90. The lowest BCUT2D eigenvalue weighted by Gasteiger charge is -2.10. The number of halogens is 1. The van der Waals surface area contributed by atoms with E-state index in [1.165, 1.54) is 0 Å². The third kappa shape index (κ3) is 2.93. The molecule has 0 saturated carbocycles. The van der Waals surface area contributed by atoms with E-state index in [9.17, 15) is 8.42 Å². The van der Waals surface area contributed by atoms with Crippen LogP contribution in [0.3, 0.4) is 0 Å². The Hall–Kier alpha value is -1.48. The summed E-state index contributed by atoms with van der Waals surface area (Å²) in [6.07, 6.45) is 0.653. The number of benzene rings is 1. The van der Waals surface area contributed by atoms with Crippen molar-refractivity contribution in [3.8, 4) is 11.4 Å². The maximum atomic E-state index is 11.5. The van der Waals surface area contributed by atoms with Crippen LogP contribution < -0.4 is 5.73 Å². The molecule has 1 aromatic carbocycles. The molecule has 0 spiro atoms. The Morgan fingerprint density at radius 1 is 1.43 bits per heavy atom. The molecule has 1 fully saturated rings. The molecule has 1 aromatic heterocycles. The maximum absolute atomic E-state index is 11.5. The van der Waals surface area contributed by atoms with Crippen LogP contribution in [0.1, 0.15) is 6.42 Å². The Kier molecular flexibility index (Phi) is 3.70. The number of nitrogens with zero attached hydrogens (tertiary/aromatic N) is 4. The largest absolute Gasteiger partial charge is 0.398 e. The quantitative estimate of drug-likeness (QED) is 0.810. The molecule has 1 atom stereocenters. The Bertz CT molecular complexity index is 774. The molecule has 2 heterocycles. The topological polar surface area (TPSA) is 104 Å². The summed E-state index contributed by atoms with van der Waals surface area (Å²) in [4.78, 5) is 0. The van der Waals surface area contributed by atoms with E-state index in [-0.39, 0.29) is 17.4 Å². The third-order valence-electron chi connectivity index (χ3n) is 3.56. The summed E-state index contributed by atoms with van der Waals surface area (Å²) in [7, 11) is -2.90. The first-order valence-electron chi connectivity index (χ1n) is 6.47. The van der Waals surface area contributed by atoms with E-state index in [0.717, 1.165) is 10.0 Å². The molecule has 1 aliphatic heterocycles. The molecule has 2 aromatic rings. The first-order valence-corrected chi connectivity index (χ1v) is 9.08. The lowest BCUT2D eigenvalue weighted by atomic mass is 10.1. The summed E-state index contributed by atoms with van der Waals surface area (Å²) in [5.41, 5.74) is 7.27. The third-order valence-corrected chi connectivity index (χ3v) is 6.28. The number of nitrogens with two attached hydrogens (primary N) is 1. The zero-order valence-electron chi connectivity index (χ0n) is 11.1. The summed E-state index contributed by atoms with van der Waals surface area (Å²) in [6.45, 7) is 0.489. The van der Waals surface area contributed by atoms with Crippen molar-refractivity contribution in [2.24, 2.45) is 5.92 Å². The zero-order chi connectivity index (χ0) is 15.0. The number of rotatable bonds is 3. The van der Waals surface area contributed by atoms with Crippen LogP contribution in [0, 0.1) is 5.92 Å². The smallest absolute Gasteiger partial charge is 0.183 e. The monoisotopic (exact) mass is 371 g/mol. The second-order valence-corrected chi connectivity index (χ2v) is 8.18. The summed E-state index contributed by atoms with van der Waals surface area (Å²) in [5.74, 6) is 1.08. The Labute approximate surface area is 130 Å². The van der Waals surface area contributed by atoms with Gasteiger partial charge in [-0.05, 0) is 50.8 Å². The molecule has 1 saturated heterocycles. The molecule has 3 rings (SSSR count). The first-order chi connectivity index (χ1) is 9.96. The summed E-state index contributed by atoms with van der Waals surface area (Å²) >= 11 is 3.44. The predicted octanol–water partition coefficient (Wildman–Crippen LogP) is 1.12. The zero-order valence-corrected chi connectivity index (χ0v) is 13.5. The minimum atomic E-state index is -2.90. The Morgan fingerprint density at radius 2 is 2.24 bits per heavy atom. The minimum absolute atomic E-state index is 0.0529. The summed E-state index contributed by atoms with van der Waals surface area (Å²) < 4.78 is 25.5. The summed E-state index contributed by atoms with van der Waals surface area (Å²) in [6, 6.07) is 5.48. The number of sulfone groups is 1. The van der Waals surface area contributed by atoms with E-state index in [2.05, 4.69) is 31.5 Å². The van der Waals surface area contributed by atoms with Crippen LogP contribution >= 0.6 is 15.9 Å². The maximum Gasteiger partial charge on any atom is 0.183 e. The van der Waals surface area contributed by atoms with Crippen molar-refractivity contribution < 1.29 is 8.42 Å². The number of anilines is 1. The van der Waals surface area contributed by atoms with Gasteiger partial charge in [-0.15, -0.1) is 5.10 Å². The lowest BCUT2D eigenvalue weighted by molar-refractivity contribution is 0.452. The van der Waals surface area contributed by atoms with Gasteiger partial charge in [0.15, 0.2) is 15.7 Å². The molecule has 0 amide bonds. The Morgan fingerprint density at radius 3 is 2.95 bits per heavy atom. The minimum Gasteiger partial charge on any atom is -0.398 e. The van der Waals surface area contributed by atoms with Gasteiger partial charge in [-0.1, -0.05) is 6.07 Å². The van der Waals surface area contributed by atoms with E-state index < -0.39 is 9.84 Å². The van der Waals surface area contributed by atoms with Crippen LogP contribution in [-0.4, -0.2) is 40.1 Å². The fourth-order valence-electron chi connectivity index (χ4n) is 2.50. The van der Waals surface area contributed by atoms with Crippen molar-refractivity contribution in [2.45, 2.75) is 13.0 Å². The van der Waals surface area contributed by atoms with Crippen molar-refractivity contribution in [1.82, 2.24) is 20.2 Å². The molecule has 1 aliphatic rings. The van der Waals surface area contributed by atoms with Crippen molar-refractivity contribution in [3.63, 3.8) is 0 Å². The number of hydrogen-bond acceptors (Lipinski definition) is 6. The van der Waals surface area contributed by atoms with Gasteiger partial charge in [0.2, 0.25) is 0 Å². The lowest BCUT2D eigenvalue weighted by Crippen LogP contribution is -2.14. The van der Waals surface area contributed by atoms with Crippen molar-refractivity contribution >= 4 is 31.5 Å². The van der Waals surface area contributed by atoms with Crippen molar-refractivity contribution in [1.29, 1.82) is 0 Å². The molecule has 0 bridgehead atoms. The highest BCUT2D eigenvalue weighted by molar-refractivity contribution is 9.10. The average Bonchev–Trinajstić information content (AvgIpc) is 3.00. The van der Waals surface area contributed by atoms with Gasteiger partial charge >= 0.3 is 0 Å². The van der Waals surface area contributed by atoms with Gasteiger partial charge in [-0.25, -0.2) is 13.1 Å². The van der Waals surface area contributed by atoms with E-state index in [1.807, 2.05) is 12.1 Å². The fraction of sp³-hybridized carbons (Fsp3) is 0.417. The number of tetrazole rings is 1. The number of aromatic nitrogens is 4. The summed E-state index contributed by atoms with van der Waals surface area (Å²) in [5, 5.41) is 11.7. The number of hydrogen-bond donors (Lipinski definition) is 1. The molecule has 9 heteroatoms. The molecule has 0 radical (unpaired) electrons. The van der Waals surface area contributed by atoms with E-state index in [0.29, 0.717) is 24.5 Å². The molecular weight excluding hydrogens is 358 g/mol. The molecule has 112 valence electrons. The van der Waals surface area contributed by atoms with Crippen LogP contribution in [0.15, 0.2) is 22.7 Å². The van der Waals surface area contributed by atoms with Gasteiger partial charge in [0.25, 0.3) is 0 Å². The SMILES string of the molecule is Nc1cccc(-c2nnnn2CC2CCS(=O)(=O)C2)c1Br. The van der Waals surface area contributed by atoms with E-state index in [1.54, 1.807) is 10.7 Å². The highest BCUT2D eigenvalue weighted by Crippen LogP contribution is 2.31. The van der Waals surface area contributed by atoms with Crippen molar-refractivity contribution in [2.75, 3.05) is 17.2 Å². The molecule has 1 unspecified atom stereocenters. The highest BCUT2D eigenvalue weighted by Gasteiger charge is 2.29. The molecule has 21 heavy (non-hydrogen) atoms. The number of nitrogen functional groups attached to an aromatic ring is 1. The van der Waals surface area contributed by atoms with E-state index >= 15 is 0 Å². The molecule has 2 N–H and O–H groups in total. The van der Waals surface area contributed by atoms with Gasteiger partial charge in [-0.3, -0.25) is 0 Å². The van der Waals surface area contributed by atoms with Crippen LogP contribution in [0.4, 0.5) is 5.69 Å². The fourth-order valence-corrected chi connectivity index (χ4v) is 4.79. The van der Waals surface area contributed by atoms with E-state index in [4.69, 9.17) is 5.73 Å². The normalized spacial score (nSPS) is 20.7. The van der Waals surface area contributed by atoms with Crippen molar-refractivity contribution in [3.05, 3.63) is 22.7 Å². The first kappa shape index (κ1) is 14.5. The molecule has 0 aliphatic carbocycles. The second kappa shape index (κ2) is 5.38. The standard InChI is InChI=1S/C12H14BrN5O2S/c13-11-9(2-1-3-10(11)14)12-15-16-17-18(12)6-8-4-5-21(19,20)7-8/h1-3,8H,4-7,14H2. The predicted molar refractivity (Wildman–Crippen MR) is 82.1 cm³/mol. The van der Waals surface area contributed by atoms with Gasteiger partial charge in [0.1, 0.15) is 0 Å². The van der Waals surface area contributed by atoms with Gasteiger partial charge < -0.3 is 5.73 Å². The van der Waals surface area contributed by atoms with Crippen LogP contribution in [0.25, 0.3) is 11.4 Å².